The van der Waals surface area contributed by atoms with Gasteiger partial charge in [0.1, 0.15) is 0 Å². The number of nitrogens with zero attached hydrogens (tertiary/aromatic N) is 2. The number of amides is 1. The Balaban J connectivity index is 1.75. The van der Waals surface area contributed by atoms with Crippen LogP contribution in [-0.2, 0) is 11.3 Å². The Bertz CT molecular complexity index is 599. The van der Waals surface area contributed by atoms with Crippen molar-refractivity contribution in [1.82, 2.24) is 15.1 Å². The van der Waals surface area contributed by atoms with E-state index in [1.807, 2.05) is 24.6 Å². The zero-order chi connectivity index (χ0) is 14.5. The van der Waals surface area contributed by atoms with Crippen LogP contribution >= 0.6 is 0 Å². The smallest absolute Gasteiger partial charge is 0.295 e. The van der Waals surface area contributed by atoms with Crippen molar-refractivity contribution in [2.45, 2.75) is 26.8 Å². The van der Waals surface area contributed by atoms with E-state index >= 15 is 0 Å². The van der Waals surface area contributed by atoms with E-state index in [0.717, 1.165) is 11.4 Å². The molecule has 1 N–H and O–H groups in total. The summed E-state index contributed by atoms with van der Waals surface area (Å²) in [6.07, 6.45) is 2.07. The van der Waals surface area contributed by atoms with Gasteiger partial charge in [0.15, 0.2) is 5.76 Å². The van der Waals surface area contributed by atoms with Crippen LogP contribution in [0.3, 0.4) is 0 Å². The molecule has 2 aromatic rings. The van der Waals surface area contributed by atoms with Gasteiger partial charge in [-0.15, -0.1) is 0 Å². The van der Waals surface area contributed by atoms with Gasteiger partial charge in [-0.25, -0.2) is 0 Å². The van der Waals surface area contributed by atoms with Crippen molar-refractivity contribution in [3.63, 3.8) is 0 Å². The number of carbonyl (C=O) groups excluding carboxylic acids is 2. The molecule has 6 heteroatoms. The van der Waals surface area contributed by atoms with Gasteiger partial charge in [0.2, 0.25) is 0 Å². The second kappa shape index (κ2) is 6.18. The summed E-state index contributed by atoms with van der Waals surface area (Å²) in [6.45, 7) is 5.05. The molecule has 0 spiro atoms. The monoisotopic (exact) mass is 275 g/mol. The first-order valence-corrected chi connectivity index (χ1v) is 6.45. The molecule has 20 heavy (non-hydrogen) atoms. The van der Waals surface area contributed by atoms with E-state index in [4.69, 9.17) is 4.42 Å². The summed E-state index contributed by atoms with van der Waals surface area (Å²) in [4.78, 5) is 23.2. The van der Waals surface area contributed by atoms with E-state index in [-0.39, 0.29) is 5.76 Å². The van der Waals surface area contributed by atoms with E-state index in [9.17, 15) is 9.59 Å². The molecule has 0 aliphatic carbocycles. The molecule has 6 nitrogen and oxygen atoms in total. The van der Waals surface area contributed by atoms with Crippen LogP contribution in [-0.4, -0.2) is 28.0 Å². The van der Waals surface area contributed by atoms with E-state index in [1.165, 1.54) is 12.3 Å². The molecule has 0 aliphatic heterocycles. The van der Waals surface area contributed by atoms with Crippen molar-refractivity contribution in [1.29, 1.82) is 0 Å². The van der Waals surface area contributed by atoms with Crippen LogP contribution < -0.4 is 5.32 Å². The number of hydrogen-bond donors (Lipinski definition) is 1. The summed E-state index contributed by atoms with van der Waals surface area (Å²) in [5.74, 6) is -1.24. The predicted molar refractivity (Wildman–Crippen MR) is 72.4 cm³/mol. The maximum atomic E-state index is 11.6. The fourth-order valence-corrected chi connectivity index (χ4v) is 1.93. The standard InChI is InChI=1S/C14H17N3O3/c1-10-9-11(2)17(16-10)7-4-6-15-14(19)13(18)12-5-3-8-20-12/h3,5,8-9H,4,6-7H2,1-2H3,(H,15,19). The van der Waals surface area contributed by atoms with Gasteiger partial charge in [-0.3, -0.25) is 14.3 Å². The van der Waals surface area contributed by atoms with Crippen molar-refractivity contribution in [3.05, 3.63) is 41.6 Å². The molecule has 0 bridgehead atoms. The number of nitrogens with one attached hydrogen (secondary N) is 1. The third-order valence-electron chi connectivity index (χ3n) is 2.89. The highest BCUT2D eigenvalue weighted by Crippen LogP contribution is 2.03. The number of carbonyl (C=O) groups is 2. The quantitative estimate of drug-likeness (QED) is 0.492. The Kier molecular flexibility index (Phi) is 4.34. The van der Waals surface area contributed by atoms with Crippen LogP contribution in [0.4, 0.5) is 0 Å². The fourth-order valence-electron chi connectivity index (χ4n) is 1.93. The summed E-state index contributed by atoms with van der Waals surface area (Å²) in [6, 6.07) is 5.04. The maximum absolute atomic E-state index is 11.6. The van der Waals surface area contributed by atoms with Gasteiger partial charge in [0.05, 0.1) is 12.0 Å². The number of furan rings is 1. The maximum Gasteiger partial charge on any atom is 0.295 e. The number of Topliss-reactive ketones (excluding diaryl/α,β-unsaturated/α-hetero) is 1. The van der Waals surface area contributed by atoms with Gasteiger partial charge in [-0.1, -0.05) is 0 Å². The Labute approximate surface area is 116 Å². The predicted octanol–water partition coefficient (Wildman–Crippen LogP) is 1.48. The lowest BCUT2D eigenvalue weighted by molar-refractivity contribution is -0.117. The van der Waals surface area contributed by atoms with Crippen LogP contribution in [0.1, 0.15) is 28.4 Å². The minimum atomic E-state index is -0.652. The van der Waals surface area contributed by atoms with E-state index < -0.39 is 11.7 Å². The molecule has 2 rings (SSSR count). The van der Waals surface area contributed by atoms with Gasteiger partial charge in [-0.05, 0) is 38.5 Å². The molecular weight excluding hydrogens is 258 g/mol. The lowest BCUT2D eigenvalue weighted by Crippen LogP contribution is -2.32. The third-order valence-corrected chi connectivity index (χ3v) is 2.89. The molecule has 0 saturated heterocycles. The van der Waals surface area contributed by atoms with Crippen LogP contribution in [0, 0.1) is 13.8 Å². The average molecular weight is 275 g/mol. The summed E-state index contributed by atoms with van der Waals surface area (Å²) < 4.78 is 6.77. The summed E-state index contributed by atoms with van der Waals surface area (Å²) >= 11 is 0. The zero-order valence-electron chi connectivity index (χ0n) is 11.5. The van der Waals surface area contributed by atoms with Crippen molar-refractivity contribution in [3.8, 4) is 0 Å². The highest BCUT2D eigenvalue weighted by molar-refractivity contribution is 6.42. The molecule has 2 aromatic heterocycles. The SMILES string of the molecule is Cc1cc(C)n(CCCNC(=O)C(=O)c2ccco2)n1. The molecule has 1 amide bonds. The molecule has 0 radical (unpaired) electrons. The largest absolute Gasteiger partial charge is 0.461 e. The normalized spacial score (nSPS) is 10.5. The number of aromatic nitrogens is 2. The first-order valence-electron chi connectivity index (χ1n) is 6.45. The molecule has 0 fully saturated rings. The molecule has 0 unspecified atom stereocenters. The number of rotatable bonds is 6. The Morgan fingerprint density at radius 2 is 2.20 bits per heavy atom. The van der Waals surface area contributed by atoms with Gasteiger partial charge < -0.3 is 9.73 Å². The van der Waals surface area contributed by atoms with Crippen molar-refractivity contribution in [2.75, 3.05) is 6.54 Å². The van der Waals surface area contributed by atoms with Crippen LogP contribution in [0.25, 0.3) is 0 Å². The zero-order valence-corrected chi connectivity index (χ0v) is 11.5. The number of hydrogen-bond acceptors (Lipinski definition) is 4. The number of ketones is 1. The molecular formula is C14H17N3O3. The third kappa shape index (κ3) is 3.34. The molecule has 0 saturated carbocycles. The minimum absolute atomic E-state index is 0.0565. The first kappa shape index (κ1) is 14.0. The van der Waals surface area contributed by atoms with Gasteiger partial charge >= 0.3 is 0 Å². The van der Waals surface area contributed by atoms with E-state index in [1.54, 1.807) is 6.07 Å². The van der Waals surface area contributed by atoms with E-state index in [2.05, 4.69) is 10.4 Å². The summed E-state index contributed by atoms with van der Waals surface area (Å²) in [5.41, 5.74) is 2.06. The van der Waals surface area contributed by atoms with Crippen molar-refractivity contribution in [2.24, 2.45) is 0 Å². The molecule has 106 valence electrons. The molecule has 2 heterocycles. The van der Waals surface area contributed by atoms with Gasteiger partial charge in [-0.2, -0.15) is 5.10 Å². The fraction of sp³-hybridized carbons (Fsp3) is 0.357. The molecule has 0 aromatic carbocycles. The van der Waals surface area contributed by atoms with Crippen LogP contribution in [0.15, 0.2) is 28.9 Å². The molecule has 0 atom stereocenters. The topological polar surface area (TPSA) is 77.1 Å². The van der Waals surface area contributed by atoms with Gasteiger partial charge in [0.25, 0.3) is 11.7 Å². The Morgan fingerprint density at radius 3 is 2.80 bits per heavy atom. The second-order valence-corrected chi connectivity index (χ2v) is 4.57. The molecule has 0 aliphatic rings. The second-order valence-electron chi connectivity index (χ2n) is 4.57. The first-order chi connectivity index (χ1) is 9.58. The Hall–Kier alpha value is -2.37. The van der Waals surface area contributed by atoms with Crippen molar-refractivity contribution >= 4 is 11.7 Å². The minimum Gasteiger partial charge on any atom is -0.461 e. The van der Waals surface area contributed by atoms with Crippen LogP contribution in [0.5, 0.6) is 0 Å². The number of aryl methyl sites for hydroxylation is 3. The van der Waals surface area contributed by atoms with E-state index in [0.29, 0.717) is 19.5 Å². The summed E-state index contributed by atoms with van der Waals surface area (Å²) in [7, 11) is 0. The van der Waals surface area contributed by atoms with Crippen molar-refractivity contribution < 1.29 is 14.0 Å². The summed E-state index contributed by atoms with van der Waals surface area (Å²) in [5, 5.41) is 6.90. The lowest BCUT2D eigenvalue weighted by atomic mass is 10.3. The highest BCUT2D eigenvalue weighted by Gasteiger charge is 2.17. The highest BCUT2D eigenvalue weighted by atomic mass is 16.3. The lowest BCUT2D eigenvalue weighted by Gasteiger charge is -2.05. The van der Waals surface area contributed by atoms with Gasteiger partial charge in [0, 0.05) is 18.8 Å². The van der Waals surface area contributed by atoms with Crippen LogP contribution in [0.2, 0.25) is 0 Å². The average Bonchev–Trinajstić information content (AvgIpc) is 3.03. The Morgan fingerprint density at radius 1 is 1.40 bits per heavy atom.